The summed E-state index contributed by atoms with van der Waals surface area (Å²) in [6.45, 7) is 6.50. The minimum absolute atomic E-state index is 0.0456. The van der Waals surface area contributed by atoms with E-state index in [1.165, 1.54) is 5.69 Å². The SMILES string of the molecule is CC(C)NC(=O)C(C)NCc1cccn1C. The molecule has 0 aliphatic carbocycles. The standard InChI is InChI=1S/C12H21N3O/c1-9(2)14-12(16)10(3)13-8-11-6-5-7-15(11)4/h5-7,9-10,13H,8H2,1-4H3,(H,14,16). The lowest BCUT2D eigenvalue weighted by molar-refractivity contribution is -0.123. The molecule has 0 bridgehead atoms. The lowest BCUT2D eigenvalue weighted by atomic mass is 10.2. The van der Waals surface area contributed by atoms with Gasteiger partial charge < -0.3 is 15.2 Å². The van der Waals surface area contributed by atoms with Crippen LogP contribution in [0.15, 0.2) is 18.3 Å². The summed E-state index contributed by atoms with van der Waals surface area (Å²) in [5.74, 6) is 0.0456. The molecular formula is C12H21N3O. The molecule has 0 aromatic carbocycles. The number of hydrogen-bond acceptors (Lipinski definition) is 2. The molecule has 2 N–H and O–H groups in total. The van der Waals surface area contributed by atoms with Gasteiger partial charge in [0, 0.05) is 31.5 Å². The molecule has 0 saturated carbocycles. The zero-order chi connectivity index (χ0) is 12.1. The Hall–Kier alpha value is -1.29. The molecule has 4 heteroatoms. The smallest absolute Gasteiger partial charge is 0.237 e. The summed E-state index contributed by atoms with van der Waals surface area (Å²) in [6.07, 6.45) is 2.00. The van der Waals surface area contributed by atoms with Crippen molar-refractivity contribution in [2.75, 3.05) is 0 Å². The number of amides is 1. The molecule has 1 unspecified atom stereocenters. The maximum absolute atomic E-state index is 11.6. The van der Waals surface area contributed by atoms with Crippen molar-refractivity contribution in [3.63, 3.8) is 0 Å². The van der Waals surface area contributed by atoms with Crippen LogP contribution in [-0.2, 0) is 18.4 Å². The number of nitrogens with one attached hydrogen (secondary N) is 2. The predicted octanol–water partition coefficient (Wildman–Crippen LogP) is 1.03. The highest BCUT2D eigenvalue weighted by atomic mass is 16.2. The quantitative estimate of drug-likeness (QED) is 0.783. The molecule has 1 aromatic heterocycles. The topological polar surface area (TPSA) is 46.1 Å². The van der Waals surface area contributed by atoms with E-state index in [1.54, 1.807) is 0 Å². The Kier molecular flexibility index (Phi) is 4.55. The number of aromatic nitrogens is 1. The number of carbonyl (C=O) groups is 1. The highest BCUT2D eigenvalue weighted by molar-refractivity contribution is 5.81. The largest absolute Gasteiger partial charge is 0.353 e. The van der Waals surface area contributed by atoms with Crippen molar-refractivity contribution in [2.24, 2.45) is 7.05 Å². The summed E-state index contributed by atoms with van der Waals surface area (Å²) in [6, 6.07) is 4.06. The monoisotopic (exact) mass is 223 g/mol. The Morgan fingerprint density at radius 3 is 2.62 bits per heavy atom. The second-order valence-corrected chi connectivity index (χ2v) is 4.38. The lowest BCUT2D eigenvalue weighted by Crippen LogP contribution is -2.44. The van der Waals surface area contributed by atoms with Crippen LogP contribution in [0.25, 0.3) is 0 Å². The summed E-state index contributed by atoms with van der Waals surface area (Å²) >= 11 is 0. The molecule has 1 atom stereocenters. The Morgan fingerprint density at radius 1 is 1.44 bits per heavy atom. The van der Waals surface area contributed by atoms with Crippen LogP contribution in [0.5, 0.6) is 0 Å². The van der Waals surface area contributed by atoms with Crippen molar-refractivity contribution in [3.8, 4) is 0 Å². The molecule has 4 nitrogen and oxygen atoms in total. The van der Waals surface area contributed by atoms with Crippen LogP contribution in [0, 0.1) is 0 Å². The average Bonchev–Trinajstić information content (AvgIpc) is 2.59. The highest BCUT2D eigenvalue weighted by Crippen LogP contribution is 1.99. The van der Waals surface area contributed by atoms with Gasteiger partial charge in [0.05, 0.1) is 6.04 Å². The van der Waals surface area contributed by atoms with E-state index in [9.17, 15) is 4.79 Å². The first-order valence-corrected chi connectivity index (χ1v) is 5.64. The average molecular weight is 223 g/mol. The number of aryl methyl sites for hydroxylation is 1. The summed E-state index contributed by atoms with van der Waals surface area (Å²) in [7, 11) is 2.00. The normalized spacial score (nSPS) is 12.8. The Morgan fingerprint density at radius 2 is 2.12 bits per heavy atom. The van der Waals surface area contributed by atoms with E-state index >= 15 is 0 Å². The molecule has 1 aromatic rings. The summed E-state index contributed by atoms with van der Waals surface area (Å²) in [5.41, 5.74) is 1.17. The Balaban J connectivity index is 2.38. The van der Waals surface area contributed by atoms with E-state index in [0.29, 0.717) is 6.54 Å². The first-order chi connectivity index (χ1) is 7.50. The molecule has 0 aliphatic heterocycles. The van der Waals surface area contributed by atoms with Crippen molar-refractivity contribution < 1.29 is 4.79 Å². The molecule has 16 heavy (non-hydrogen) atoms. The molecule has 1 rings (SSSR count). The number of hydrogen-bond donors (Lipinski definition) is 2. The van der Waals surface area contributed by atoms with Gasteiger partial charge in [-0.25, -0.2) is 0 Å². The van der Waals surface area contributed by atoms with E-state index in [4.69, 9.17) is 0 Å². The van der Waals surface area contributed by atoms with Crippen LogP contribution >= 0.6 is 0 Å². The van der Waals surface area contributed by atoms with Crippen LogP contribution in [0.4, 0.5) is 0 Å². The van der Waals surface area contributed by atoms with Gasteiger partial charge in [0.2, 0.25) is 5.91 Å². The molecular weight excluding hydrogens is 202 g/mol. The summed E-state index contributed by atoms with van der Waals surface area (Å²) in [5, 5.41) is 6.08. The molecule has 0 aliphatic rings. The molecule has 90 valence electrons. The van der Waals surface area contributed by atoms with Gasteiger partial charge in [0.15, 0.2) is 0 Å². The molecule has 0 saturated heterocycles. The maximum Gasteiger partial charge on any atom is 0.237 e. The Bertz CT molecular complexity index is 344. The van der Waals surface area contributed by atoms with Gasteiger partial charge in [-0.2, -0.15) is 0 Å². The van der Waals surface area contributed by atoms with Crippen molar-refractivity contribution in [2.45, 2.75) is 39.4 Å². The molecule has 0 spiro atoms. The van der Waals surface area contributed by atoms with E-state index in [0.717, 1.165) is 0 Å². The maximum atomic E-state index is 11.6. The first-order valence-electron chi connectivity index (χ1n) is 5.64. The van der Waals surface area contributed by atoms with Gasteiger partial charge in [0.25, 0.3) is 0 Å². The fraction of sp³-hybridized carbons (Fsp3) is 0.583. The zero-order valence-electron chi connectivity index (χ0n) is 10.4. The van der Waals surface area contributed by atoms with Crippen molar-refractivity contribution in [1.29, 1.82) is 0 Å². The van der Waals surface area contributed by atoms with E-state index in [-0.39, 0.29) is 18.0 Å². The number of nitrogens with zero attached hydrogens (tertiary/aromatic N) is 1. The predicted molar refractivity (Wildman–Crippen MR) is 65.0 cm³/mol. The Labute approximate surface area is 97.0 Å². The van der Waals surface area contributed by atoms with Crippen LogP contribution in [0.2, 0.25) is 0 Å². The third kappa shape index (κ3) is 3.70. The van der Waals surface area contributed by atoms with Gasteiger partial charge in [-0.05, 0) is 32.9 Å². The van der Waals surface area contributed by atoms with Crippen LogP contribution < -0.4 is 10.6 Å². The van der Waals surface area contributed by atoms with Crippen molar-refractivity contribution >= 4 is 5.91 Å². The molecule has 1 heterocycles. The summed E-state index contributed by atoms with van der Waals surface area (Å²) in [4.78, 5) is 11.6. The van der Waals surface area contributed by atoms with Gasteiger partial charge >= 0.3 is 0 Å². The van der Waals surface area contributed by atoms with Gasteiger partial charge in [-0.15, -0.1) is 0 Å². The zero-order valence-corrected chi connectivity index (χ0v) is 10.4. The second-order valence-electron chi connectivity index (χ2n) is 4.38. The van der Waals surface area contributed by atoms with Gasteiger partial charge in [0.1, 0.15) is 0 Å². The number of carbonyl (C=O) groups excluding carboxylic acids is 1. The van der Waals surface area contributed by atoms with Gasteiger partial charge in [-0.3, -0.25) is 4.79 Å². The third-order valence-corrected chi connectivity index (χ3v) is 2.46. The lowest BCUT2D eigenvalue weighted by Gasteiger charge is -2.16. The minimum Gasteiger partial charge on any atom is -0.353 e. The van der Waals surface area contributed by atoms with E-state index in [1.807, 2.05) is 50.7 Å². The number of rotatable bonds is 5. The van der Waals surface area contributed by atoms with Crippen LogP contribution in [0.1, 0.15) is 26.5 Å². The van der Waals surface area contributed by atoms with Gasteiger partial charge in [-0.1, -0.05) is 0 Å². The van der Waals surface area contributed by atoms with Crippen LogP contribution in [-0.4, -0.2) is 22.6 Å². The third-order valence-electron chi connectivity index (χ3n) is 2.46. The van der Waals surface area contributed by atoms with E-state index in [2.05, 4.69) is 10.6 Å². The van der Waals surface area contributed by atoms with Crippen LogP contribution in [0.3, 0.4) is 0 Å². The molecule has 0 radical (unpaired) electrons. The van der Waals surface area contributed by atoms with Crippen molar-refractivity contribution in [1.82, 2.24) is 15.2 Å². The first kappa shape index (κ1) is 12.8. The molecule has 0 fully saturated rings. The minimum atomic E-state index is -0.169. The fourth-order valence-corrected chi connectivity index (χ4v) is 1.44. The highest BCUT2D eigenvalue weighted by Gasteiger charge is 2.12. The molecule has 1 amide bonds. The second kappa shape index (κ2) is 5.70. The van der Waals surface area contributed by atoms with E-state index < -0.39 is 0 Å². The fourth-order valence-electron chi connectivity index (χ4n) is 1.44. The summed E-state index contributed by atoms with van der Waals surface area (Å²) < 4.78 is 2.04. The van der Waals surface area contributed by atoms with Crippen molar-refractivity contribution in [3.05, 3.63) is 24.0 Å².